The monoisotopic (exact) mass is 1490 g/mol. The van der Waals surface area contributed by atoms with Crippen LogP contribution in [0.15, 0.2) is 205 Å². The van der Waals surface area contributed by atoms with E-state index in [9.17, 15) is 10.2 Å². The molecule has 8 heteroatoms. The highest BCUT2D eigenvalue weighted by molar-refractivity contribution is 7.14. The summed E-state index contributed by atoms with van der Waals surface area (Å²) in [6, 6.07) is 72.2. The standard InChI is InChI=1S/C102H112N2O4S2/c1-21-22-23-30-64-47-70(50-74(48-64)98(6,7)8)66-36-40-88-82(56-66)84-58-68(72-53-77(101(15,16)17)60-78(54-72)102(18,19)20)38-42-90(84)104(88)96-94(106)86(62-110-96)80-32-25-27-34-92(80)108-44-29-28-43-107-91-33-26-24-31-79(91)85-61-109-95(93(85)105)103-87-39-35-65(69-45-63(2)46-73(49-69)97(3,4)5)55-81(87)83-57-67(37-41-89(83)103)71-51-75(99(9,10)11)59-76(52-71)100(12,13)14/h24-27,31-42,45-62,105-106H,21-23,28-30,43-44H2,1-20H3. The third kappa shape index (κ3) is 15.6. The summed E-state index contributed by atoms with van der Waals surface area (Å²) in [7, 11) is 0. The van der Waals surface area contributed by atoms with Gasteiger partial charge < -0.3 is 19.7 Å². The second kappa shape index (κ2) is 29.6. The third-order valence-corrected chi connectivity index (χ3v) is 24.3. The van der Waals surface area contributed by atoms with Crippen LogP contribution >= 0.6 is 22.7 Å². The number of ether oxygens (including phenoxy) is 2. The number of hydrogen-bond donors (Lipinski definition) is 2. The molecule has 4 heterocycles. The van der Waals surface area contributed by atoms with Gasteiger partial charge in [0, 0.05) is 54.6 Å². The van der Waals surface area contributed by atoms with Crippen molar-refractivity contribution in [3.8, 4) is 99.8 Å². The normalized spacial score (nSPS) is 12.7. The van der Waals surface area contributed by atoms with Gasteiger partial charge in [-0.1, -0.05) is 283 Å². The van der Waals surface area contributed by atoms with E-state index in [1.54, 1.807) is 22.7 Å². The number of fused-ring (bicyclic) bond motifs is 6. The number of thiophene rings is 2. The van der Waals surface area contributed by atoms with Crippen LogP contribution in [0.5, 0.6) is 23.0 Å². The predicted octanol–water partition coefficient (Wildman–Crippen LogP) is 29.5. The summed E-state index contributed by atoms with van der Waals surface area (Å²) in [6.45, 7) is 46.8. The third-order valence-electron chi connectivity index (χ3n) is 22.4. The number of nitrogens with zero attached hydrogens (tertiary/aromatic N) is 2. The second-order valence-corrected chi connectivity index (χ2v) is 38.9. The van der Waals surface area contributed by atoms with Crippen LogP contribution < -0.4 is 9.47 Å². The molecule has 0 unspecified atom stereocenters. The Bertz CT molecular complexity index is 5740. The summed E-state index contributed by atoms with van der Waals surface area (Å²) < 4.78 is 17.9. The highest BCUT2D eigenvalue weighted by Gasteiger charge is 2.29. The first-order valence-corrected chi connectivity index (χ1v) is 41.6. The summed E-state index contributed by atoms with van der Waals surface area (Å²) in [4.78, 5) is 0. The van der Waals surface area contributed by atoms with Gasteiger partial charge in [0.2, 0.25) is 0 Å². The van der Waals surface area contributed by atoms with Gasteiger partial charge in [-0.2, -0.15) is 0 Å². The van der Waals surface area contributed by atoms with Gasteiger partial charge in [0.15, 0.2) is 11.5 Å². The van der Waals surface area contributed by atoms with Crippen molar-refractivity contribution in [2.24, 2.45) is 0 Å². The Morgan fingerprint density at radius 1 is 0.318 bits per heavy atom. The highest BCUT2D eigenvalue weighted by Crippen LogP contribution is 2.51. The molecule has 0 bridgehead atoms. The topological polar surface area (TPSA) is 68.8 Å². The van der Waals surface area contributed by atoms with Crippen LogP contribution in [0, 0.1) is 6.92 Å². The number of aromatic nitrogens is 2. The minimum Gasteiger partial charge on any atom is -0.504 e. The number of para-hydroxylation sites is 2. The van der Waals surface area contributed by atoms with Gasteiger partial charge in [-0.3, -0.25) is 9.13 Å². The van der Waals surface area contributed by atoms with Crippen LogP contribution in [-0.4, -0.2) is 32.6 Å². The number of hydrogen-bond acceptors (Lipinski definition) is 6. The number of benzene rings is 10. The molecule has 4 aromatic heterocycles. The summed E-state index contributed by atoms with van der Waals surface area (Å²) >= 11 is 3.10. The Labute approximate surface area is 662 Å². The lowest BCUT2D eigenvalue weighted by atomic mass is 9.79. The highest BCUT2D eigenvalue weighted by atomic mass is 32.1. The molecule has 14 aromatic rings. The Kier molecular flexibility index (Phi) is 20.7. The fourth-order valence-electron chi connectivity index (χ4n) is 15.5. The zero-order valence-corrected chi connectivity index (χ0v) is 70.3. The molecule has 2 N–H and O–H groups in total. The van der Waals surface area contributed by atoms with Crippen LogP contribution in [0.2, 0.25) is 0 Å². The smallest absolute Gasteiger partial charge is 0.158 e. The van der Waals surface area contributed by atoms with Crippen molar-refractivity contribution in [2.75, 3.05) is 13.2 Å². The molecule has 110 heavy (non-hydrogen) atoms. The van der Waals surface area contributed by atoms with E-state index in [2.05, 4.69) is 304 Å². The van der Waals surface area contributed by atoms with Crippen LogP contribution in [0.4, 0.5) is 0 Å². The Balaban J connectivity index is 0.736. The molecular weight excluding hydrogens is 1380 g/mol. The van der Waals surface area contributed by atoms with Gasteiger partial charge >= 0.3 is 0 Å². The zero-order valence-electron chi connectivity index (χ0n) is 68.7. The maximum atomic E-state index is 12.8. The predicted molar refractivity (Wildman–Crippen MR) is 474 cm³/mol. The Hall–Kier alpha value is -9.60. The molecule has 0 aliphatic carbocycles. The molecule has 0 saturated heterocycles. The molecule has 6 nitrogen and oxygen atoms in total. The van der Waals surface area contributed by atoms with Crippen LogP contribution in [0.3, 0.4) is 0 Å². The fourth-order valence-corrected chi connectivity index (χ4v) is 17.5. The van der Waals surface area contributed by atoms with E-state index in [0.717, 1.165) is 106 Å². The summed E-state index contributed by atoms with van der Waals surface area (Å²) in [5, 5.41) is 35.7. The van der Waals surface area contributed by atoms with Crippen LogP contribution in [-0.2, 0) is 38.9 Å². The van der Waals surface area contributed by atoms with Crippen molar-refractivity contribution in [2.45, 2.75) is 209 Å². The number of aromatic hydroxyl groups is 2. The van der Waals surface area contributed by atoms with Crippen molar-refractivity contribution in [3.63, 3.8) is 0 Å². The van der Waals surface area contributed by atoms with E-state index in [4.69, 9.17) is 9.47 Å². The molecule has 0 aliphatic heterocycles. The second-order valence-electron chi connectivity index (χ2n) is 37.2. The van der Waals surface area contributed by atoms with E-state index in [-0.39, 0.29) is 44.0 Å². The molecule has 0 saturated carbocycles. The van der Waals surface area contributed by atoms with Crippen molar-refractivity contribution < 1.29 is 19.7 Å². The van der Waals surface area contributed by atoms with E-state index in [1.165, 1.54) is 97.2 Å². The number of rotatable bonds is 19. The summed E-state index contributed by atoms with van der Waals surface area (Å²) in [5.74, 6) is 1.85. The van der Waals surface area contributed by atoms with E-state index < -0.39 is 0 Å². The van der Waals surface area contributed by atoms with Crippen molar-refractivity contribution >= 4 is 66.3 Å². The molecule has 14 rings (SSSR count). The van der Waals surface area contributed by atoms with Crippen LogP contribution in [0.1, 0.15) is 208 Å². The molecule has 0 fully saturated rings. The Morgan fingerprint density at radius 2 is 0.636 bits per heavy atom. The zero-order chi connectivity index (χ0) is 78.3. The minimum atomic E-state index is -0.0362. The first-order chi connectivity index (χ1) is 52.0. The lowest BCUT2D eigenvalue weighted by Crippen LogP contribution is -2.16. The van der Waals surface area contributed by atoms with E-state index >= 15 is 0 Å². The molecule has 0 aliphatic rings. The van der Waals surface area contributed by atoms with Crippen LogP contribution in [0.25, 0.3) is 120 Å². The molecule has 566 valence electrons. The van der Waals surface area contributed by atoms with Crippen molar-refractivity contribution in [3.05, 3.63) is 249 Å². The van der Waals surface area contributed by atoms with Gasteiger partial charge in [0.05, 0.1) is 35.3 Å². The lowest BCUT2D eigenvalue weighted by molar-refractivity contribution is 0.267. The molecule has 0 radical (unpaired) electrons. The van der Waals surface area contributed by atoms with Gasteiger partial charge in [-0.05, 0) is 209 Å². The van der Waals surface area contributed by atoms with Gasteiger partial charge in [0.25, 0.3) is 0 Å². The average molecular weight is 1490 g/mol. The number of aryl methyl sites for hydroxylation is 2. The summed E-state index contributed by atoms with van der Waals surface area (Å²) in [5.41, 5.74) is 27.2. The minimum absolute atomic E-state index is 0.00787. The van der Waals surface area contributed by atoms with Crippen molar-refractivity contribution in [1.82, 2.24) is 9.13 Å². The van der Waals surface area contributed by atoms with Gasteiger partial charge in [0.1, 0.15) is 21.5 Å². The maximum Gasteiger partial charge on any atom is 0.158 e. The quantitative estimate of drug-likeness (QED) is 0.0792. The first kappa shape index (κ1) is 77.1. The fraction of sp³-hybridized carbons (Fsp3) is 0.333. The largest absolute Gasteiger partial charge is 0.504 e. The lowest BCUT2D eigenvalue weighted by Gasteiger charge is -2.26. The molecular formula is C102H112N2O4S2. The first-order valence-electron chi connectivity index (χ1n) is 39.8. The summed E-state index contributed by atoms with van der Waals surface area (Å²) in [6.07, 6.45) is 6.10. The molecule has 0 spiro atoms. The number of unbranched alkanes of at least 4 members (excludes halogenated alkanes) is 3. The molecule has 0 atom stereocenters. The van der Waals surface area contributed by atoms with E-state index in [1.807, 2.05) is 48.5 Å². The van der Waals surface area contributed by atoms with Gasteiger partial charge in [-0.25, -0.2) is 0 Å². The maximum absolute atomic E-state index is 12.8. The SMILES string of the molecule is CCCCCc1cc(-c2ccc3c(c2)c2cc(-c4cc(C(C)(C)C)cc(C(C)(C)C)c4)ccc2n3-c2scc(-c3ccccc3OCCCCOc3ccccc3-c3csc(-n4c5ccc(-c6cc(C)cc(C(C)(C)C)c6)cc5c5cc(-c6cc(C(C)(C)C)cc(C(C)(C)C)c6)ccc54)c3O)c2O)cc(C(C)(C)C)c1. The average Bonchev–Trinajstić information content (AvgIpc) is 1.58. The Morgan fingerprint density at radius 3 is 0.982 bits per heavy atom. The van der Waals surface area contributed by atoms with E-state index in [0.29, 0.717) is 24.7 Å². The molecule has 10 aromatic carbocycles. The van der Waals surface area contributed by atoms with Crippen molar-refractivity contribution in [1.29, 1.82) is 0 Å². The molecule has 0 amide bonds. The van der Waals surface area contributed by atoms with Gasteiger partial charge in [-0.15, -0.1) is 22.7 Å².